The standard InChI is InChI=1S/C33H37N3O9/c1-40-21-30(37)36-15-12-33(13-16-36)32(39)35-20-22-4-10-26(28(18-22)41-2)44-27-11-5-23(19-29(27)42-3)31(38)34-14-17-43-24-6-8-25(45-33)9-7-24/h4-11,18-19H,12-17,20-21H2,1-3H3,(H,34,38)(H,35,39). The first-order valence-electron chi connectivity index (χ1n) is 14.6. The molecule has 8 rings (SSSR count). The van der Waals surface area contributed by atoms with Crippen LogP contribution < -0.4 is 34.3 Å². The normalized spacial score (nSPS) is 16.6. The van der Waals surface area contributed by atoms with Crippen molar-refractivity contribution in [1.29, 1.82) is 0 Å². The summed E-state index contributed by atoms with van der Waals surface area (Å²) in [5.41, 5.74) is -0.0317. The Balaban J connectivity index is 1.43. The third-order valence-electron chi connectivity index (χ3n) is 7.73. The number of hydrogen-bond donors (Lipinski definition) is 2. The summed E-state index contributed by atoms with van der Waals surface area (Å²) in [5, 5.41) is 5.86. The van der Waals surface area contributed by atoms with Crippen molar-refractivity contribution in [3.8, 4) is 34.5 Å². The molecule has 3 amide bonds. The summed E-state index contributed by atoms with van der Waals surface area (Å²) in [6.07, 6.45) is 0.589. The monoisotopic (exact) mass is 619 g/mol. The van der Waals surface area contributed by atoms with Gasteiger partial charge in [-0.3, -0.25) is 14.4 Å². The van der Waals surface area contributed by atoms with Crippen molar-refractivity contribution in [3.05, 3.63) is 71.8 Å². The maximum atomic E-state index is 13.8. The second kappa shape index (κ2) is 14.2. The fourth-order valence-corrected chi connectivity index (χ4v) is 5.23. The van der Waals surface area contributed by atoms with E-state index in [0.29, 0.717) is 66.0 Å². The Labute approximate surface area is 261 Å². The van der Waals surface area contributed by atoms with E-state index in [4.69, 9.17) is 28.4 Å². The predicted octanol–water partition coefficient (Wildman–Crippen LogP) is 3.32. The number of benzene rings is 3. The highest BCUT2D eigenvalue weighted by molar-refractivity contribution is 5.95. The zero-order chi connectivity index (χ0) is 31.8. The van der Waals surface area contributed by atoms with Crippen LogP contribution in [0.3, 0.4) is 0 Å². The number of hydrogen-bond acceptors (Lipinski definition) is 9. The van der Waals surface area contributed by atoms with Gasteiger partial charge >= 0.3 is 0 Å². The van der Waals surface area contributed by atoms with E-state index in [1.54, 1.807) is 59.5 Å². The van der Waals surface area contributed by atoms with Gasteiger partial charge in [0.1, 0.15) is 24.7 Å². The number of piperidine rings is 1. The number of carbonyl (C=O) groups excluding carboxylic acids is 3. The molecule has 5 aliphatic heterocycles. The minimum Gasteiger partial charge on any atom is -0.493 e. The molecular weight excluding hydrogens is 582 g/mol. The molecule has 3 aromatic carbocycles. The first kappa shape index (κ1) is 31.5. The van der Waals surface area contributed by atoms with Gasteiger partial charge in [-0.1, -0.05) is 6.07 Å². The highest BCUT2D eigenvalue weighted by atomic mass is 16.5. The van der Waals surface area contributed by atoms with E-state index in [2.05, 4.69) is 10.6 Å². The number of amides is 3. The fraction of sp³-hybridized carbons (Fsp3) is 0.364. The SMILES string of the molecule is COCC(=O)N1CCC2(CC1)Oc1ccc(cc1)OCCNC(=O)c1ccc(c(OC)c1)Oc1ccc(cc1OC)CNC2=O. The van der Waals surface area contributed by atoms with E-state index < -0.39 is 5.60 Å². The molecule has 0 aliphatic carbocycles. The Morgan fingerprint density at radius 2 is 1.53 bits per heavy atom. The lowest BCUT2D eigenvalue weighted by Gasteiger charge is -2.40. The lowest BCUT2D eigenvalue weighted by atomic mass is 9.89. The van der Waals surface area contributed by atoms with Gasteiger partial charge in [0, 0.05) is 45.1 Å². The van der Waals surface area contributed by atoms with Crippen LogP contribution in [-0.2, 0) is 20.9 Å². The van der Waals surface area contributed by atoms with Crippen LogP contribution in [0, 0.1) is 0 Å². The average molecular weight is 620 g/mol. The average Bonchev–Trinajstić information content (AvgIpc) is 3.06. The van der Waals surface area contributed by atoms with Crippen LogP contribution in [0.5, 0.6) is 34.5 Å². The molecule has 0 radical (unpaired) electrons. The van der Waals surface area contributed by atoms with Gasteiger partial charge in [0.05, 0.1) is 20.8 Å². The Morgan fingerprint density at radius 1 is 0.867 bits per heavy atom. The number of rotatable bonds is 4. The number of nitrogens with zero attached hydrogens (tertiary/aromatic N) is 1. The van der Waals surface area contributed by atoms with Gasteiger partial charge in [-0.2, -0.15) is 0 Å². The number of likely N-dealkylation sites (tertiary alicyclic amines) is 1. The van der Waals surface area contributed by atoms with Crippen molar-refractivity contribution in [2.75, 3.05) is 54.2 Å². The van der Waals surface area contributed by atoms with E-state index in [-0.39, 0.29) is 44.0 Å². The molecular formula is C33H37N3O9. The van der Waals surface area contributed by atoms with Gasteiger partial charge in [-0.05, 0) is 60.2 Å². The summed E-state index contributed by atoms with van der Waals surface area (Å²) in [5.74, 6) is 1.99. The summed E-state index contributed by atoms with van der Waals surface area (Å²) in [6.45, 7) is 1.36. The summed E-state index contributed by atoms with van der Waals surface area (Å²) >= 11 is 0. The molecule has 0 saturated carbocycles. The third kappa shape index (κ3) is 7.40. The number of ether oxygens (including phenoxy) is 6. The van der Waals surface area contributed by atoms with E-state index in [9.17, 15) is 14.4 Å². The molecule has 1 saturated heterocycles. The fourth-order valence-electron chi connectivity index (χ4n) is 5.23. The molecule has 0 atom stereocenters. The van der Waals surface area contributed by atoms with E-state index in [1.165, 1.54) is 21.3 Å². The third-order valence-corrected chi connectivity index (χ3v) is 7.73. The Bertz CT molecular complexity index is 1520. The topological polar surface area (TPSA) is 134 Å². The van der Waals surface area contributed by atoms with Crippen LogP contribution in [0.15, 0.2) is 60.7 Å². The van der Waals surface area contributed by atoms with Crippen LogP contribution in [0.2, 0.25) is 0 Å². The first-order valence-corrected chi connectivity index (χ1v) is 14.6. The molecule has 5 heterocycles. The van der Waals surface area contributed by atoms with Crippen LogP contribution in [0.4, 0.5) is 0 Å². The Hall–Kier alpha value is -4.97. The maximum Gasteiger partial charge on any atom is 0.264 e. The molecule has 2 N–H and O–H groups in total. The number of methoxy groups -OCH3 is 3. The molecule has 12 nitrogen and oxygen atoms in total. The van der Waals surface area contributed by atoms with Crippen LogP contribution >= 0.6 is 0 Å². The lowest BCUT2D eigenvalue weighted by Crippen LogP contribution is -2.58. The second-order valence-electron chi connectivity index (χ2n) is 10.6. The second-order valence-corrected chi connectivity index (χ2v) is 10.6. The summed E-state index contributed by atoms with van der Waals surface area (Å²) in [7, 11) is 4.50. The molecule has 1 spiro atoms. The minimum absolute atomic E-state index is 0.0230. The van der Waals surface area contributed by atoms with E-state index >= 15 is 0 Å². The number of fused-ring (bicyclic) bond motifs is 3. The molecule has 0 aromatic heterocycles. The molecule has 238 valence electrons. The van der Waals surface area contributed by atoms with Crippen molar-refractivity contribution >= 4 is 17.7 Å². The van der Waals surface area contributed by atoms with Gasteiger partial charge in [-0.15, -0.1) is 0 Å². The van der Waals surface area contributed by atoms with Crippen molar-refractivity contribution in [2.24, 2.45) is 0 Å². The smallest absolute Gasteiger partial charge is 0.264 e. The number of carbonyl (C=O) groups is 3. The molecule has 12 heteroatoms. The highest BCUT2D eigenvalue weighted by Crippen LogP contribution is 2.38. The largest absolute Gasteiger partial charge is 0.493 e. The number of nitrogens with one attached hydrogen (secondary N) is 2. The molecule has 45 heavy (non-hydrogen) atoms. The molecule has 6 bridgehead atoms. The van der Waals surface area contributed by atoms with E-state index in [0.717, 1.165) is 5.56 Å². The zero-order valence-electron chi connectivity index (χ0n) is 25.6. The first-order chi connectivity index (χ1) is 21.8. The molecule has 5 aliphatic rings. The quantitative estimate of drug-likeness (QED) is 0.451. The predicted molar refractivity (Wildman–Crippen MR) is 163 cm³/mol. The minimum atomic E-state index is -1.21. The van der Waals surface area contributed by atoms with E-state index in [1.807, 2.05) is 6.07 Å². The zero-order valence-corrected chi connectivity index (χ0v) is 25.6. The van der Waals surface area contributed by atoms with Crippen molar-refractivity contribution in [2.45, 2.75) is 25.0 Å². The Kier molecular flexibility index (Phi) is 9.93. The highest BCUT2D eigenvalue weighted by Gasteiger charge is 2.44. The summed E-state index contributed by atoms with van der Waals surface area (Å²) in [4.78, 5) is 40.7. The van der Waals surface area contributed by atoms with Crippen molar-refractivity contribution in [3.63, 3.8) is 0 Å². The molecule has 1 fully saturated rings. The summed E-state index contributed by atoms with van der Waals surface area (Å²) in [6, 6.07) is 17.2. The van der Waals surface area contributed by atoms with Gasteiger partial charge < -0.3 is 44.0 Å². The van der Waals surface area contributed by atoms with Crippen LogP contribution in [-0.4, -0.2) is 82.4 Å². The van der Waals surface area contributed by atoms with Gasteiger partial charge in [0.25, 0.3) is 11.8 Å². The van der Waals surface area contributed by atoms with Gasteiger partial charge in [-0.25, -0.2) is 0 Å². The lowest BCUT2D eigenvalue weighted by molar-refractivity contribution is -0.148. The Morgan fingerprint density at radius 3 is 2.22 bits per heavy atom. The van der Waals surface area contributed by atoms with Crippen LogP contribution in [0.25, 0.3) is 0 Å². The van der Waals surface area contributed by atoms with Crippen molar-refractivity contribution in [1.82, 2.24) is 15.5 Å². The maximum absolute atomic E-state index is 13.8. The summed E-state index contributed by atoms with van der Waals surface area (Å²) < 4.78 is 34.4. The van der Waals surface area contributed by atoms with Crippen LogP contribution in [0.1, 0.15) is 28.8 Å². The van der Waals surface area contributed by atoms with Gasteiger partial charge in [0.15, 0.2) is 28.6 Å². The van der Waals surface area contributed by atoms with Crippen molar-refractivity contribution < 1.29 is 42.8 Å². The molecule has 3 aromatic rings. The molecule has 0 unspecified atom stereocenters. The van der Waals surface area contributed by atoms with Gasteiger partial charge in [0.2, 0.25) is 5.91 Å².